The number of anilines is 1. The summed E-state index contributed by atoms with van der Waals surface area (Å²) in [6, 6.07) is 9.55. The zero-order valence-corrected chi connectivity index (χ0v) is 16.2. The molecule has 0 fully saturated rings. The third-order valence-electron chi connectivity index (χ3n) is 3.48. The highest BCUT2D eigenvalue weighted by molar-refractivity contribution is 5.75. The molecule has 0 aliphatic rings. The fraction of sp³-hybridized carbons (Fsp3) is 0.600. The molecule has 1 unspecified atom stereocenters. The Kier molecular flexibility index (Phi) is 7.46. The number of para-hydroxylation sites is 1. The smallest absolute Gasteiger partial charge is 0.311 e. The van der Waals surface area contributed by atoms with Gasteiger partial charge in [-0.1, -0.05) is 18.2 Å². The van der Waals surface area contributed by atoms with Gasteiger partial charge >= 0.3 is 11.9 Å². The van der Waals surface area contributed by atoms with E-state index in [0.717, 1.165) is 5.69 Å². The molecule has 5 nitrogen and oxygen atoms in total. The Balaban J connectivity index is 2.61. The van der Waals surface area contributed by atoms with Crippen LogP contribution in [0.2, 0.25) is 0 Å². The van der Waals surface area contributed by atoms with Crippen LogP contribution in [0.15, 0.2) is 30.3 Å². The molecule has 0 spiro atoms. The molecule has 1 rings (SSSR count). The zero-order chi connectivity index (χ0) is 19.1. The van der Waals surface area contributed by atoms with Gasteiger partial charge in [0.15, 0.2) is 0 Å². The lowest BCUT2D eigenvalue weighted by Crippen LogP contribution is -2.33. The lowest BCUT2D eigenvalue weighted by molar-refractivity contribution is -0.155. The van der Waals surface area contributed by atoms with Gasteiger partial charge in [0.25, 0.3) is 0 Å². The van der Waals surface area contributed by atoms with Crippen LogP contribution in [-0.2, 0) is 19.1 Å². The molecule has 0 heterocycles. The van der Waals surface area contributed by atoms with Gasteiger partial charge in [-0.25, -0.2) is 0 Å². The van der Waals surface area contributed by atoms with E-state index in [1.54, 1.807) is 0 Å². The number of hydrogen-bond donors (Lipinski definition) is 1. The maximum Gasteiger partial charge on any atom is 0.311 e. The molecular weight excluding hydrogens is 318 g/mol. The van der Waals surface area contributed by atoms with E-state index in [1.807, 2.05) is 71.9 Å². The maximum atomic E-state index is 12.0. The Labute approximate surface area is 151 Å². The Morgan fingerprint density at radius 3 is 1.96 bits per heavy atom. The average molecular weight is 349 g/mol. The first-order valence-corrected chi connectivity index (χ1v) is 8.66. The Morgan fingerprint density at radius 2 is 1.44 bits per heavy atom. The van der Waals surface area contributed by atoms with E-state index < -0.39 is 10.8 Å². The predicted molar refractivity (Wildman–Crippen MR) is 99.3 cm³/mol. The van der Waals surface area contributed by atoms with Crippen LogP contribution in [-0.4, -0.2) is 31.2 Å². The first kappa shape index (κ1) is 21.0. The van der Waals surface area contributed by atoms with Crippen molar-refractivity contribution in [2.75, 3.05) is 18.5 Å². The van der Waals surface area contributed by atoms with Crippen LogP contribution in [0.4, 0.5) is 5.69 Å². The van der Waals surface area contributed by atoms with Gasteiger partial charge < -0.3 is 14.8 Å². The van der Waals surface area contributed by atoms with Crippen LogP contribution >= 0.6 is 0 Å². The molecule has 1 N–H and O–H groups in total. The summed E-state index contributed by atoms with van der Waals surface area (Å²) in [7, 11) is 0. The number of carbonyl (C=O) groups excluding carboxylic acids is 2. The van der Waals surface area contributed by atoms with Gasteiger partial charge in [0.1, 0.15) is 6.61 Å². The second-order valence-corrected chi connectivity index (χ2v) is 8.23. The first-order chi connectivity index (χ1) is 11.5. The van der Waals surface area contributed by atoms with E-state index in [-0.39, 0.29) is 31.2 Å². The van der Waals surface area contributed by atoms with Crippen LogP contribution in [0.5, 0.6) is 0 Å². The highest BCUT2D eigenvalue weighted by Gasteiger charge is 2.25. The van der Waals surface area contributed by atoms with Crippen molar-refractivity contribution in [3.63, 3.8) is 0 Å². The molecule has 0 amide bonds. The SMILES string of the molecule is CC(C)(C)C(=O)OCCC(COC(=O)C(C)(C)C)Nc1ccccc1. The third kappa shape index (κ3) is 8.05. The Hall–Kier alpha value is -2.04. The zero-order valence-electron chi connectivity index (χ0n) is 16.2. The molecule has 0 saturated carbocycles. The molecule has 0 bridgehead atoms. The van der Waals surface area contributed by atoms with Gasteiger partial charge in [0.2, 0.25) is 0 Å². The summed E-state index contributed by atoms with van der Waals surface area (Å²) in [6.45, 7) is 11.4. The molecule has 1 atom stereocenters. The minimum Gasteiger partial charge on any atom is -0.465 e. The van der Waals surface area contributed by atoms with E-state index in [1.165, 1.54) is 0 Å². The second-order valence-electron chi connectivity index (χ2n) is 8.23. The number of esters is 2. The van der Waals surface area contributed by atoms with E-state index in [9.17, 15) is 9.59 Å². The normalized spacial score (nSPS) is 13.0. The standard InChI is InChI=1S/C20H31NO4/c1-19(2,3)17(22)24-13-12-16(14-25-18(23)20(4,5)6)21-15-10-8-7-9-11-15/h7-11,16,21H,12-14H2,1-6H3. The summed E-state index contributed by atoms with van der Waals surface area (Å²) in [5.74, 6) is -0.489. The average Bonchev–Trinajstić information content (AvgIpc) is 2.51. The van der Waals surface area contributed by atoms with Gasteiger partial charge in [-0.15, -0.1) is 0 Å². The minimum atomic E-state index is -0.546. The van der Waals surface area contributed by atoms with Crippen LogP contribution in [0.1, 0.15) is 48.0 Å². The summed E-state index contributed by atoms with van der Waals surface area (Å²) in [4.78, 5) is 23.9. The molecule has 0 aromatic heterocycles. The first-order valence-electron chi connectivity index (χ1n) is 8.66. The van der Waals surface area contributed by atoms with Crippen molar-refractivity contribution >= 4 is 17.6 Å². The van der Waals surface area contributed by atoms with Crippen molar-refractivity contribution in [2.45, 2.75) is 54.0 Å². The fourth-order valence-corrected chi connectivity index (χ4v) is 1.87. The summed E-state index contributed by atoms with van der Waals surface area (Å²) in [5, 5.41) is 3.33. The van der Waals surface area contributed by atoms with Crippen molar-refractivity contribution in [2.24, 2.45) is 10.8 Å². The van der Waals surface area contributed by atoms with Gasteiger partial charge in [0, 0.05) is 12.1 Å². The summed E-state index contributed by atoms with van der Waals surface area (Å²) >= 11 is 0. The quantitative estimate of drug-likeness (QED) is 0.753. The van der Waals surface area contributed by atoms with Crippen molar-refractivity contribution in [3.05, 3.63) is 30.3 Å². The number of carbonyl (C=O) groups is 2. The highest BCUT2D eigenvalue weighted by Crippen LogP contribution is 2.18. The maximum absolute atomic E-state index is 12.0. The molecule has 0 aliphatic carbocycles. The van der Waals surface area contributed by atoms with Crippen LogP contribution in [0, 0.1) is 10.8 Å². The molecule has 25 heavy (non-hydrogen) atoms. The summed E-state index contributed by atoms with van der Waals surface area (Å²) in [5.41, 5.74) is -0.140. The largest absolute Gasteiger partial charge is 0.465 e. The van der Waals surface area contributed by atoms with E-state index in [0.29, 0.717) is 6.42 Å². The topological polar surface area (TPSA) is 64.6 Å². The van der Waals surface area contributed by atoms with Crippen molar-refractivity contribution in [3.8, 4) is 0 Å². The van der Waals surface area contributed by atoms with Gasteiger partial charge in [-0.3, -0.25) is 9.59 Å². The number of benzene rings is 1. The molecule has 140 valence electrons. The highest BCUT2D eigenvalue weighted by atomic mass is 16.5. The molecule has 5 heteroatoms. The third-order valence-corrected chi connectivity index (χ3v) is 3.48. The van der Waals surface area contributed by atoms with E-state index in [4.69, 9.17) is 9.47 Å². The molecule has 1 aromatic carbocycles. The lowest BCUT2D eigenvalue weighted by Gasteiger charge is -2.23. The van der Waals surface area contributed by atoms with Crippen molar-refractivity contribution in [1.82, 2.24) is 0 Å². The van der Waals surface area contributed by atoms with Gasteiger partial charge in [-0.05, 0) is 53.7 Å². The molecule has 0 radical (unpaired) electrons. The predicted octanol–water partition coefficient (Wildman–Crippen LogP) is 4.04. The number of ether oxygens (including phenoxy) is 2. The number of nitrogens with one attached hydrogen (secondary N) is 1. The number of hydrogen-bond acceptors (Lipinski definition) is 5. The van der Waals surface area contributed by atoms with Crippen molar-refractivity contribution < 1.29 is 19.1 Å². The summed E-state index contributed by atoms with van der Waals surface area (Å²) < 4.78 is 10.8. The fourth-order valence-electron chi connectivity index (χ4n) is 1.87. The molecule has 0 aliphatic heterocycles. The molecule has 0 saturated heterocycles. The van der Waals surface area contributed by atoms with E-state index in [2.05, 4.69) is 5.32 Å². The van der Waals surface area contributed by atoms with Crippen LogP contribution in [0.25, 0.3) is 0 Å². The Bertz CT molecular complexity index is 555. The minimum absolute atomic E-state index is 0.138. The molecule has 1 aromatic rings. The van der Waals surface area contributed by atoms with Gasteiger partial charge in [0.05, 0.1) is 23.5 Å². The monoisotopic (exact) mass is 349 g/mol. The van der Waals surface area contributed by atoms with Crippen molar-refractivity contribution in [1.29, 1.82) is 0 Å². The lowest BCUT2D eigenvalue weighted by atomic mass is 9.97. The van der Waals surface area contributed by atoms with Gasteiger partial charge in [-0.2, -0.15) is 0 Å². The van der Waals surface area contributed by atoms with Crippen LogP contribution in [0.3, 0.4) is 0 Å². The Morgan fingerprint density at radius 1 is 0.920 bits per heavy atom. The number of rotatable bonds is 7. The molecular formula is C20H31NO4. The second kappa shape index (κ2) is 8.88. The summed E-state index contributed by atoms with van der Waals surface area (Å²) in [6.07, 6.45) is 0.550. The van der Waals surface area contributed by atoms with E-state index >= 15 is 0 Å². The van der Waals surface area contributed by atoms with Crippen LogP contribution < -0.4 is 5.32 Å².